The number of H-pyrrole nitrogens is 1. The van der Waals surface area contributed by atoms with Crippen LogP contribution in [0.4, 0.5) is 0 Å². The van der Waals surface area contributed by atoms with E-state index in [0.717, 1.165) is 18.4 Å². The number of aromatic amines is 1. The quantitative estimate of drug-likeness (QED) is 0.402. The highest BCUT2D eigenvalue weighted by atomic mass is 32.2. The molecule has 186 valence electrons. The van der Waals surface area contributed by atoms with Gasteiger partial charge in [-0.1, -0.05) is 20.3 Å². The minimum Gasteiger partial charge on any atom is -0.493 e. The van der Waals surface area contributed by atoms with Gasteiger partial charge in [0.05, 0.1) is 29.1 Å². The molecule has 9 nitrogen and oxygen atoms in total. The lowest BCUT2D eigenvalue weighted by Gasteiger charge is -2.22. The van der Waals surface area contributed by atoms with E-state index in [4.69, 9.17) is 9.72 Å². The van der Waals surface area contributed by atoms with Crippen molar-refractivity contribution < 1.29 is 18.3 Å². The van der Waals surface area contributed by atoms with E-state index in [2.05, 4.69) is 4.98 Å². The number of nitrogens with one attached hydrogen (secondary N) is 1. The number of hydrogen-bond donors (Lipinski definition) is 2. The smallest absolute Gasteiger partial charge is 0.260 e. The second kappa shape index (κ2) is 11.2. The second-order valence-corrected chi connectivity index (χ2v) is 10.1. The Morgan fingerprint density at radius 2 is 1.94 bits per heavy atom. The molecule has 2 aromatic heterocycles. The summed E-state index contributed by atoms with van der Waals surface area (Å²) in [7, 11) is -3.87. The van der Waals surface area contributed by atoms with Crippen molar-refractivity contribution in [2.75, 3.05) is 26.3 Å². The van der Waals surface area contributed by atoms with Crippen molar-refractivity contribution in [1.82, 2.24) is 18.8 Å². The predicted octanol–water partition coefficient (Wildman–Crippen LogP) is 3.29. The van der Waals surface area contributed by atoms with Crippen molar-refractivity contribution in [2.24, 2.45) is 0 Å². The number of aliphatic hydroxyl groups excluding tert-OH is 1. The standard InChI is InChI=1S/C24H34N4O5S/c1-5-8-12-28(13-14-29)34(31,32)18-9-10-20(33-7-3)19(15-18)22-25-23-21(24(30)26-22)17(4)16-27(23)11-6-2/h9-10,15-16,29H,5-8,11-14H2,1-4H3,(H,25,26,30). The van der Waals surface area contributed by atoms with Crippen molar-refractivity contribution in [3.05, 3.63) is 40.3 Å². The summed E-state index contributed by atoms with van der Waals surface area (Å²) in [6.45, 7) is 8.85. The number of ether oxygens (including phenoxy) is 1. The van der Waals surface area contributed by atoms with Crippen molar-refractivity contribution in [1.29, 1.82) is 0 Å². The van der Waals surface area contributed by atoms with E-state index in [1.54, 1.807) is 6.07 Å². The molecule has 0 saturated heterocycles. The number of nitrogens with zero attached hydrogens (tertiary/aromatic N) is 3. The highest BCUT2D eigenvalue weighted by Gasteiger charge is 2.26. The lowest BCUT2D eigenvalue weighted by molar-refractivity contribution is 0.252. The number of aryl methyl sites for hydroxylation is 2. The molecule has 3 rings (SSSR count). The van der Waals surface area contributed by atoms with Crippen LogP contribution < -0.4 is 10.3 Å². The Balaban J connectivity index is 2.20. The molecule has 10 heteroatoms. The molecule has 0 aliphatic heterocycles. The van der Waals surface area contributed by atoms with Crippen LogP contribution >= 0.6 is 0 Å². The zero-order valence-corrected chi connectivity index (χ0v) is 21.1. The maximum Gasteiger partial charge on any atom is 0.260 e. The van der Waals surface area contributed by atoms with Crippen LogP contribution in [0.25, 0.3) is 22.4 Å². The number of aliphatic hydroxyl groups is 1. The van der Waals surface area contributed by atoms with Crippen molar-refractivity contribution >= 4 is 21.1 Å². The Bertz CT molecular complexity index is 1300. The zero-order valence-electron chi connectivity index (χ0n) is 20.3. The summed E-state index contributed by atoms with van der Waals surface area (Å²) in [5.41, 5.74) is 1.50. The summed E-state index contributed by atoms with van der Waals surface area (Å²) in [4.78, 5) is 20.6. The Morgan fingerprint density at radius 3 is 2.59 bits per heavy atom. The Hall–Kier alpha value is -2.69. The first-order valence-corrected chi connectivity index (χ1v) is 13.2. The number of rotatable bonds is 12. The van der Waals surface area contributed by atoms with Gasteiger partial charge < -0.3 is 19.4 Å². The van der Waals surface area contributed by atoms with Gasteiger partial charge in [0.1, 0.15) is 17.2 Å². The van der Waals surface area contributed by atoms with E-state index in [9.17, 15) is 18.3 Å². The lowest BCUT2D eigenvalue weighted by atomic mass is 10.1. The fourth-order valence-electron chi connectivity index (χ4n) is 4.01. The van der Waals surface area contributed by atoms with Gasteiger partial charge in [-0.3, -0.25) is 4.79 Å². The van der Waals surface area contributed by atoms with Gasteiger partial charge in [0, 0.05) is 25.8 Å². The van der Waals surface area contributed by atoms with Crippen LogP contribution in [0.2, 0.25) is 0 Å². The SMILES string of the molecule is CCCCN(CCO)S(=O)(=O)c1ccc(OCC)c(-c2nc3c(c(C)cn3CCC)c(=O)[nH]2)c1. The van der Waals surface area contributed by atoms with Crippen LogP contribution in [0.15, 0.2) is 34.1 Å². The number of aromatic nitrogens is 3. The third-order valence-electron chi connectivity index (χ3n) is 5.63. The minimum absolute atomic E-state index is 0.00965. The largest absolute Gasteiger partial charge is 0.493 e. The normalized spacial score (nSPS) is 12.1. The van der Waals surface area contributed by atoms with E-state index >= 15 is 0 Å². The average molecular weight is 491 g/mol. The topological polar surface area (TPSA) is 118 Å². The molecular weight excluding hydrogens is 456 g/mol. The molecular formula is C24H34N4O5S. The highest BCUT2D eigenvalue weighted by Crippen LogP contribution is 2.32. The van der Waals surface area contributed by atoms with E-state index in [1.807, 2.05) is 38.5 Å². The highest BCUT2D eigenvalue weighted by molar-refractivity contribution is 7.89. The summed E-state index contributed by atoms with van der Waals surface area (Å²) in [5, 5.41) is 9.94. The fraction of sp³-hybridized carbons (Fsp3) is 0.500. The van der Waals surface area contributed by atoms with Gasteiger partial charge in [0.2, 0.25) is 10.0 Å². The number of fused-ring (bicyclic) bond motifs is 1. The minimum atomic E-state index is -3.87. The molecule has 34 heavy (non-hydrogen) atoms. The average Bonchev–Trinajstić information content (AvgIpc) is 3.12. The summed E-state index contributed by atoms with van der Waals surface area (Å²) >= 11 is 0. The molecule has 0 bridgehead atoms. The van der Waals surface area contributed by atoms with Crippen molar-refractivity contribution in [3.8, 4) is 17.1 Å². The molecule has 0 amide bonds. The molecule has 0 atom stereocenters. The first kappa shape index (κ1) is 25.9. The number of unbranched alkanes of at least 4 members (excludes halogenated alkanes) is 1. The van der Waals surface area contributed by atoms with Gasteiger partial charge in [0.15, 0.2) is 0 Å². The molecule has 0 aliphatic carbocycles. The first-order chi connectivity index (χ1) is 16.3. The second-order valence-electron chi connectivity index (χ2n) is 8.19. The van der Waals surface area contributed by atoms with E-state index < -0.39 is 10.0 Å². The van der Waals surface area contributed by atoms with E-state index in [0.29, 0.717) is 48.5 Å². The van der Waals surface area contributed by atoms with Crippen LogP contribution in [0.1, 0.15) is 45.6 Å². The Labute approximate surface area is 200 Å². The molecule has 0 aliphatic rings. The van der Waals surface area contributed by atoms with Gasteiger partial charge >= 0.3 is 0 Å². The molecule has 3 aromatic rings. The van der Waals surface area contributed by atoms with Crippen molar-refractivity contribution in [3.63, 3.8) is 0 Å². The van der Waals surface area contributed by atoms with Crippen LogP contribution in [0.3, 0.4) is 0 Å². The van der Waals surface area contributed by atoms with Crippen LogP contribution in [-0.2, 0) is 16.6 Å². The lowest BCUT2D eigenvalue weighted by Crippen LogP contribution is -2.34. The third kappa shape index (κ3) is 5.18. The molecule has 1 aromatic carbocycles. The molecule has 0 radical (unpaired) electrons. The monoisotopic (exact) mass is 490 g/mol. The maximum atomic E-state index is 13.4. The molecule has 0 unspecified atom stereocenters. The van der Waals surface area contributed by atoms with Gasteiger partial charge in [-0.05, 0) is 50.5 Å². The van der Waals surface area contributed by atoms with E-state index in [1.165, 1.54) is 16.4 Å². The molecule has 0 spiro atoms. The van der Waals surface area contributed by atoms with Crippen LogP contribution in [-0.4, -0.2) is 58.7 Å². The molecule has 0 fully saturated rings. The van der Waals surface area contributed by atoms with Gasteiger partial charge in [-0.15, -0.1) is 0 Å². The Kier molecular flexibility index (Phi) is 8.51. The van der Waals surface area contributed by atoms with Crippen LogP contribution in [0.5, 0.6) is 5.75 Å². The maximum absolute atomic E-state index is 13.4. The summed E-state index contributed by atoms with van der Waals surface area (Å²) in [6.07, 6.45) is 4.30. The van der Waals surface area contributed by atoms with Gasteiger partial charge in [-0.25, -0.2) is 13.4 Å². The van der Waals surface area contributed by atoms with Gasteiger partial charge in [-0.2, -0.15) is 4.31 Å². The summed E-state index contributed by atoms with van der Waals surface area (Å²) in [6, 6.07) is 4.56. The van der Waals surface area contributed by atoms with Gasteiger partial charge in [0.25, 0.3) is 5.56 Å². The fourth-order valence-corrected chi connectivity index (χ4v) is 5.50. The third-order valence-corrected chi connectivity index (χ3v) is 7.53. The van der Waals surface area contributed by atoms with Crippen LogP contribution in [0, 0.1) is 6.92 Å². The Morgan fingerprint density at radius 1 is 1.18 bits per heavy atom. The van der Waals surface area contributed by atoms with Crippen molar-refractivity contribution in [2.45, 2.75) is 58.4 Å². The summed E-state index contributed by atoms with van der Waals surface area (Å²) < 4.78 is 35.7. The summed E-state index contributed by atoms with van der Waals surface area (Å²) in [5.74, 6) is 0.673. The zero-order chi connectivity index (χ0) is 24.9. The number of sulfonamides is 1. The first-order valence-electron chi connectivity index (χ1n) is 11.8. The predicted molar refractivity (Wildman–Crippen MR) is 133 cm³/mol. The van der Waals surface area contributed by atoms with E-state index in [-0.39, 0.29) is 29.4 Å². The number of hydrogen-bond acceptors (Lipinski definition) is 6. The molecule has 2 N–H and O–H groups in total. The number of benzene rings is 1. The molecule has 0 saturated carbocycles. The molecule has 2 heterocycles.